The molecule has 0 saturated heterocycles. The Morgan fingerprint density at radius 2 is 1.94 bits per heavy atom. The Labute approximate surface area is 103 Å². The molecule has 1 rings (SSSR count). The molecule has 1 aliphatic rings. The number of halogens is 1. The number of nitrogens with one attached hydrogen (secondary N) is 1. The van der Waals surface area contributed by atoms with Gasteiger partial charge in [0.15, 0.2) is 0 Å². The molecule has 0 heterocycles. The van der Waals surface area contributed by atoms with Crippen LogP contribution in [0.1, 0.15) is 39.0 Å². The van der Waals surface area contributed by atoms with Crippen molar-refractivity contribution in [3.05, 3.63) is 0 Å². The van der Waals surface area contributed by atoms with Gasteiger partial charge in [-0.2, -0.15) is 0 Å². The molecule has 0 radical (unpaired) electrons. The van der Waals surface area contributed by atoms with Crippen LogP contribution in [0.3, 0.4) is 0 Å². The Hall–Kier alpha value is -0.480. The summed E-state index contributed by atoms with van der Waals surface area (Å²) in [6.07, 6.45) is 5.92. The fraction of sp³-hybridized carbons (Fsp3) is 0.909. The van der Waals surface area contributed by atoms with Gasteiger partial charge < -0.3 is 14.8 Å². The standard InChI is InChI=1S/C11H21NO3.ClH/c1-2-14-11(13)15-9-8-12-10-6-4-3-5-7-10;/h10,12H,2-9H2,1H3;1H. The second-order valence-corrected chi connectivity index (χ2v) is 3.82. The highest BCUT2D eigenvalue weighted by molar-refractivity contribution is 5.85. The molecule has 0 unspecified atom stereocenters. The second-order valence-electron chi connectivity index (χ2n) is 3.82. The maximum atomic E-state index is 10.8. The first kappa shape index (κ1) is 15.5. The summed E-state index contributed by atoms with van der Waals surface area (Å²) in [4.78, 5) is 10.8. The fourth-order valence-corrected chi connectivity index (χ4v) is 1.86. The molecule has 0 aromatic heterocycles. The van der Waals surface area contributed by atoms with Crippen LogP contribution in [-0.4, -0.2) is 32.0 Å². The van der Waals surface area contributed by atoms with E-state index in [4.69, 9.17) is 4.74 Å². The average molecular weight is 252 g/mol. The summed E-state index contributed by atoms with van der Waals surface area (Å²) in [6, 6.07) is 0.615. The highest BCUT2D eigenvalue weighted by Crippen LogP contribution is 2.16. The quantitative estimate of drug-likeness (QED) is 0.603. The monoisotopic (exact) mass is 251 g/mol. The molecule has 96 valence electrons. The molecule has 0 aromatic rings. The number of ether oxygens (including phenoxy) is 2. The Bertz CT molecular complexity index is 184. The summed E-state index contributed by atoms with van der Waals surface area (Å²) >= 11 is 0. The van der Waals surface area contributed by atoms with Crippen molar-refractivity contribution >= 4 is 18.6 Å². The van der Waals surface area contributed by atoms with Crippen LogP contribution in [0.5, 0.6) is 0 Å². The van der Waals surface area contributed by atoms with E-state index in [0.717, 1.165) is 6.54 Å². The molecule has 1 fully saturated rings. The predicted molar refractivity (Wildman–Crippen MR) is 65.1 cm³/mol. The van der Waals surface area contributed by atoms with E-state index in [9.17, 15) is 4.79 Å². The maximum absolute atomic E-state index is 10.8. The number of carbonyl (C=O) groups excluding carboxylic acids is 1. The van der Waals surface area contributed by atoms with Crippen LogP contribution in [0, 0.1) is 0 Å². The summed E-state index contributed by atoms with van der Waals surface area (Å²) < 4.78 is 9.49. The molecule has 0 aliphatic heterocycles. The zero-order valence-corrected chi connectivity index (χ0v) is 10.7. The van der Waals surface area contributed by atoms with Gasteiger partial charge in [-0.1, -0.05) is 19.3 Å². The summed E-state index contributed by atoms with van der Waals surface area (Å²) in [5.74, 6) is 0. The SMILES string of the molecule is CCOC(=O)OCCNC1CCCCC1.Cl. The third kappa shape index (κ3) is 6.90. The molecule has 5 heteroatoms. The van der Waals surface area contributed by atoms with E-state index >= 15 is 0 Å². The normalized spacial score (nSPS) is 16.3. The Morgan fingerprint density at radius 1 is 1.25 bits per heavy atom. The summed E-state index contributed by atoms with van der Waals surface area (Å²) in [5.41, 5.74) is 0. The highest BCUT2D eigenvalue weighted by atomic mass is 35.5. The number of rotatable bonds is 5. The molecule has 0 atom stereocenters. The molecule has 1 aliphatic carbocycles. The van der Waals surface area contributed by atoms with Gasteiger partial charge in [-0.05, 0) is 19.8 Å². The van der Waals surface area contributed by atoms with Crippen LogP contribution >= 0.6 is 12.4 Å². The molecule has 0 amide bonds. The van der Waals surface area contributed by atoms with E-state index in [1.165, 1.54) is 32.1 Å². The van der Waals surface area contributed by atoms with E-state index in [2.05, 4.69) is 10.1 Å². The molecule has 1 saturated carbocycles. The number of hydrogen-bond acceptors (Lipinski definition) is 4. The van der Waals surface area contributed by atoms with E-state index < -0.39 is 6.16 Å². The number of hydrogen-bond donors (Lipinski definition) is 1. The first-order valence-corrected chi connectivity index (χ1v) is 5.86. The van der Waals surface area contributed by atoms with Crippen LogP contribution in [0.4, 0.5) is 4.79 Å². The molecule has 0 spiro atoms. The Morgan fingerprint density at radius 3 is 2.56 bits per heavy atom. The molecular formula is C11H22ClNO3. The van der Waals surface area contributed by atoms with Crippen molar-refractivity contribution in [1.29, 1.82) is 0 Å². The van der Waals surface area contributed by atoms with Crippen molar-refractivity contribution in [2.75, 3.05) is 19.8 Å². The van der Waals surface area contributed by atoms with Crippen molar-refractivity contribution in [2.24, 2.45) is 0 Å². The molecule has 16 heavy (non-hydrogen) atoms. The van der Waals surface area contributed by atoms with Crippen LogP contribution < -0.4 is 5.32 Å². The predicted octanol–water partition coefficient (Wildman–Crippen LogP) is 2.50. The van der Waals surface area contributed by atoms with E-state index in [1.54, 1.807) is 6.92 Å². The summed E-state index contributed by atoms with van der Waals surface area (Å²) in [6.45, 7) is 3.26. The largest absolute Gasteiger partial charge is 0.508 e. The van der Waals surface area contributed by atoms with Crippen molar-refractivity contribution < 1.29 is 14.3 Å². The molecule has 1 N–H and O–H groups in total. The lowest BCUT2D eigenvalue weighted by Gasteiger charge is -2.22. The second kappa shape index (κ2) is 9.73. The van der Waals surface area contributed by atoms with Gasteiger partial charge in [0.05, 0.1) is 6.61 Å². The van der Waals surface area contributed by atoms with Gasteiger partial charge in [0.2, 0.25) is 0 Å². The lowest BCUT2D eigenvalue weighted by molar-refractivity contribution is 0.0590. The minimum absolute atomic E-state index is 0. The lowest BCUT2D eigenvalue weighted by Crippen LogP contribution is -2.33. The van der Waals surface area contributed by atoms with Crippen LogP contribution in [0.2, 0.25) is 0 Å². The van der Waals surface area contributed by atoms with E-state index in [1.807, 2.05) is 0 Å². The summed E-state index contributed by atoms with van der Waals surface area (Å²) in [5, 5.41) is 3.39. The minimum atomic E-state index is -0.567. The first-order chi connectivity index (χ1) is 7.33. The van der Waals surface area contributed by atoms with Gasteiger partial charge in [0.1, 0.15) is 6.61 Å². The molecular weight excluding hydrogens is 230 g/mol. The van der Waals surface area contributed by atoms with Crippen molar-refractivity contribution in [3.8, 4) is 0 Å². The van der Waals surface area contributed by atoms with Crippen LogP contribution in [-0.2, 0) is 9.47 Å². The lowest BCUT2D eigenvalue weighted by atomic mass is 9.96. The average Bonchev–Trinajstić information content (AvgIpc) is 2.26. The van der Waals surface area contributed by atoms with Gasteiger partial charge in [0.25, 0.3) is 0 Å². The van der Waals surface area contributed by atoms with Gasteiger partial charge >= 0.3 is 6.16 Å². The number of carbonyl (C=O) groups is 1. The van der Waals surface area contributed by atoms with Crippen molar-refractivity contribution in [2.45, 2.75) is 45.1 Å². The van der Waals surface area contributed by atoms with Crippen LogP contribution in [0.15, 0.2) is 0 Å². The van der Waals surface area contributed by atoms with E-state index in [0.29, 0.717) is 19.3 Å². The smallest absolute Gasteiger partial charge is 0.435 e. The van der Waals surface area contributed by atoms with Crippen LogP contribution in [0.25, 0.3) is 0 Å². The third-order valence-electron chi connectivity index (χ3n) is 2.62. The fourth-order valence-electron chi connectivity index (χ4n) is 1.86. The first-order valence-electron chi connectivity index (χ1n) is 5.86. The van der Waals surface area contributed by atoms with Crippen molar-refractivity contribution in [1.82, 2.24) is 5.32 Å². The summed E-state index contributed by atoms with van der Waals surface area (Å²) in [7, 11) is 0. The van der Waals surface area contributed by atoms with E-state index in [-0.39, 0.29) is 12.4 Å². The van der Waals surface area contributed by atoms with Gasteiger partial charge in [0, 0.05) is 12.6 Å². The molecule has 4 nitrogen and oxygen atoms in total. The van der Waals surface area contributed by atoms with Gasteiger partial charge in [-0.3, -0.25) is 0 Å². The highest BCUT2D eigenvalue weighted by Gasteiger charge is 2.12. The molecule has 0 aromatic carbocycles. The zero-order chi connectivity index (χ0) is 10.9. The molecule has 0 bridgehead atoms. The third-order valence-corrected chi connectivity index (χ3v) is 2.62. The zero-order valence-electron chi connectivity index (χ0n) is 9.87. The Balaban J connectivity index is 0.00000225. The minimum Gasteiger partial charge on any atom is -0.435 e. The van der Waals surface area contributed by atoms with Gasteiger partial charge in [-0.15, -0.1) is 12.4 Å². The Kier molecular flexibility index (Phi) is 9.43. The van der Waals surface area contributed by atoms with Crippen molar-refractivity contribution in [3.63, 3.8) is 0 Å². The van der Waals surface area contributed by atoms with Gasteiger partial charge in [-0.25, -0.2) is 4.79 Å². The topological polar surface area (TPSA) is 47.6 Å². The maximum Gasteiger partial charge on any atom is 0.508 e.